The summed E-state index contributed by atoms with van der Waals surface area (Å²) in [6.07, 6.45) is 7.11. The normalized spacial score (nSPS) is 18.0. The maximum absolute atomic E-state index is 4.61. The molecule has 0 aromatic heterocycles. The van der Waals surface area contributed by atoms with Gasteiger partial charge in [0.25, 0.3) is 0 Å². The van der Waals surface area contributed by atoms with Crippen molar-refractivity contribution in [2.75, 3.05) is 27.3 Å². The summed E-state index contributed by atoms with van der Waals surface area (Å²) in [5, 5.41) is 3.39. The van der Waals surface area contributed by atoms with E-state index in [4.69, 9.17) is 0 Å². The second kappa shape index (κ2) is 12.1. The molecule has 1 aliphatic heterocycles. The van der Waals surface area contributed by atoms with Crippen molar-refractivity contribution in [1.82, 2.24) is 5.32 Å². The van der Waals surface area contributed by atoms with Crippen LogP contribution in [-0.4, -0.2) is 37.3 Å². The molecule has 3 nitrogen and oxygen atoms in total. The zero-order chi connectivity index (χ0) is 9.78. The zero-order valence-corrected chi connectivity index (χ0v) is 10.4. The molecule has 1 fully saturated rings. The Kier molecular flexibility index (Phi) is 12.2. The summed E-state index contributed by atoms with van der Waals surface area (Å²) in [7, 11) is 2.73. The van der Waals surface area contributed by atoms with Crippen molar-refractivity contribution in [2.45, 2.75) is 32.1 Å². The van der Waals surface area contributed by atoms with Crippen LogP contribution in [0.2, 0.25) is 0 Å². The summed E-state index contributed by atoms with van der Waals surface area (Å²) in [4.78, 5) is 0. The van der Waals surface area contributed by atoms with Crippen molar-refractivity contribution >= 4 is 10.0 Å². The maximum Gasteiger partial charge on any atom is 0.303 e. The van der Waals surface area contributed by atoms with Gasteiger partial charge in [-0.25, -0.2) is 0 Å². The highest BCUT2D eigenvalue weighted by molar-refractivity contribution is 6.17. The molecule has 1 heterocycles. The van der Waals surface area contributed by atoms with Gasteiger partial charge in [-0.15, -0.1) is 0 Å². The molecule has 0 saturated carbocycles. The predicted molar refractivity (Wildman–Crippen MR) is 58.5 cm³/mol. The average Bonchev–Trinajstić information content (AvgIpc) is 2.05. The minimum absolute atomic E-state index is 0.568. The SMILES string of the molecule is C1CCCNCCC1.CO[SiH2]OC. The fourth-order valence-corrected chi connectivity index (χ4v) is 1.51. The fraction of sp³-hybridized carbons (Fsp3) is 1.00. The zero-order valence-electron chi connectivity index (χ0n) is 8.97. The summed E-state index contributed by atoms with van der Waals surface area (Å²) in [5.74, 6) is 0. The van der Waals surface area contributed by atoms with E-state index in [1.807, 2.05) is 0 Å². The van der Waals surface area contributed by atoms with Gasteiger partial charge in [0.1, 0.15) is 0 Å². The molecule has 1 aliphatic rings. The molecule has 0 aliphatic carbocycles. The van der Waals surface area contributed by atoms with Gasteiger partial charge in [0.2, 0.25) is 0 Å². The smallest absolute Gasteiger partial charge is 0.303 e. The molecule has 0 aromatic rings. The van der Waals surface area contributed by atoms with Crippen molar-refractivity contribution in [2.24, 2.45) is 0 Å². The van der Waals surface area contributed by atoms with Crippen LogP contribution in [0.3, 0.4) is 0 Å². The minimum atomic E-state index is -0.568. The molecule has 0 radical (unpaired) electrons. The molecule has 1 N–H and O–H groups in total. The topological polar surface area (TPSA) is 30.5 Å². The summed E-state index contributed by atoms with van der Waals surface area (Å²) in [5.41, 5.74) is 0. The molecule has 0 bridgehead atoms. The molecule has 0 spiro atoms. The standard InChI is InChI=1S/C7H15N.C2H8O2Si/c1-2-4-6-8-7-5-3-1;1-3-5-4-2/h8H,1-7H2;5H2,1-2H3. The van der Waals surface area contributed by atoms with Crippen molar-refractivity contribution in [3.05, 3.63) is 0 Å². The Labute approximate surface area is 84.3 Å². The second-order valence-electron chi connectivity index (χ2n) is 3.21. The van der Waals surface area contributed by atoms with E-state index in [0.717, 1.165) is 0 Å². The highest BCUT2D eigenvalue weighted by atomic mass is 28.3. The van der Waals surface area contributed by atoms with Gasteiger partial charge in [-0.05, 0) is 25.9 Å². The molecule has 1 rings (SSSR count). The molecule has 1 saturated heterocycles. The van der Waals surface area contributed by atoms with E-state index < -0.39 is 10.0 Å². The van der Waals surface area contributed by atoms with Crippen molar-refractivity contribution in [3.63, 3.8) is 0 Å². The minimum Gasteiger partial charge on any atom is -0.402 e. The Morgan fingerprint density at radius 1 is 0.846 bits per heavy atom. The Morgan fingerprint density at radius 2 is 1.31 bits per heavy atom. The van der Waals surface area contributed by atoms with Crippen LogP contribution >= 0.6 is 0 Å². The van der Waals surface area contributed by atoms with E-state index in [-0.39, 0.29) is 0 Å². The Hall–Kier alpha value is 0.0969. The van der Waals surface area contributed by atoms with Crippen LogP contribution in [0.5, 0.6) is 0 Å². The van der Waals surface area contributed by atoms with Gasteiger partial charge in [-0.1, -0.05) is 19.3 Å². The predicted octanol–water partition coefficient (Wildman–Crippen LogP) is 0.818. The molecule has 0 aromatic carbocycles. The number of rotatable bonds is 2. The van der Waals surface area contributed by atoms with Crippen LogP contribution in [0.1, 0.15) is 32.1 Å². The van der Waals surface area contributed by atoms with Crippen LogP contribution in [0.4, 0.5) is 0 Å². The quantitative estimate of drug-likeness (QED) is 0.677. The number of nitrogens with one attached hydrogen (secondary N) is 1. The van der Waals surface area contributed by atoms with Gasteiger partial charge in [-0.3, -0.25) is 0 Å². The van der Waals surface area contributed by atoms with Gasteiger partial charge >= 0.3 is 10.0 Å². The highest BCUT2D eigenvalue weighted by Crippen LogP contribution is 2.03. The summed E-state index contributed by atoms with van der Waals surface area (Å²) >= 11 is 0. The molecule has 13 heavy (non-hydrogen) atoms. The third kappa shape index (κ3) is 12.1. The number of hydrogen-bond donors (Lipinski definition) is 1. The molecular weight excluding hydrogens is 182 g/mol. The summed E-state index contributed by atoms with van der Waals surface area (Å²) in [6, 6.07) is 0. The van der Waals surface area contributed by atoms with Gasteiger partial charge in [-0.2, -0.15) is 0 Å². The van der Waals surface area contributed by atoms with Crippen molar-refractivity contribution in [1.29, 1.82) is 0 Å². The summed E-state index contributed by atoms with van der Waals surface area (Å²) in [6.45, 7) is 2.50. The monoisotopic (exact) mass is 205 g/mol. The molecule has 80 valence electrons. The first-order chi connectivity index (χ1) is 6.41. The van der Waals surface area contributed by atoms with E-state index in [1.54, 1.807) is 14.2 Å². The van der Waals surface area contributed by atoms with E-state index in [9.17, 15) is 0 Å². The molecular formula is C9H23NO2Si. The lowest BCUT2D eigenvalue weighted by Gasteiger charge is -2.08. The fourth-order valence-electron chi connectivity index (χ4n) is 1.27. The van der Waals surface area contributed by atoms with Gasteiger partial charge in [0, 0.05) is 14.2 Å². The molecule has 0 atom stereocenters. The van der Waals surface area contributed by atoms with Gasteiger partial charge in [0.05, 0.1) is 0 Å². The number of hydrogen-bond acceptors (Lipinski definition) is 3. The lowest BCUT2D eigenvalue weighted by Crippen LogP contribution is -2.18. The van der Waals surface area contributed by atoms with Crippen molar-refractivity contribution in [3.8, 4) is 0 Å². The van der Waals surface area contributed by atoms with Crippen LogP contribution in [-0.2, 0) is 8.85 Å². The first-order valence-electron chi connectivity index (χ1n) is 5.10. The molecule has 4 heteroatoms. The van der Waals surface area contributed by atoms with Crippen LogP contribution in [0.15, 0.2) is 0 Å². The Morgan fingerprint density at radius 3 is 1.69 bits per heavy atom. The lowest BCUT2D eigenvalue weighted by molar-refractivity contribution is 0.309. The first kappa shape index (κ1) is 13.1. The lowest BCUT2D eigenvalue weighted by atomic mass is 10.1. The third-order valence-corrected chi connectivity index (χ3v) is 2.41. The average molecular weight is 205 g/mol. The molecule has 0 amide bonds. The van der Waals surface area contributed by atoms with E-state index in [1.165, 1.54) is 45.2 Å². The van der Waals surface area contributed by atoms with E-state index >= 15 is 0 Å². The maximum atomic E-state index is 4.61. The van der Waals surface area contributed by atoms with Crippen LogP contribution in [0, 0.1) is 0 Å². The molecule has 0 unspecified atom stereocenters. The highest BCUT2D eigenvalue weighted by Gasteiger charge is 1.94. The van der Waals surface area contributed by atoms with Crippen LogP contribution < -0.4 is 5.32 Å². The Balaban J connectivity index is 0.000000252. The van der Waals surface area contributed by atoms with Gasteiger partial charge < -0.3 is 14.2 Å². The summed E-state index contributed by atoms with van der Waals surface area (Å²) < 4.78 is 9.22. The van der Waals surface area contributed by atoms with Gasteiger partial charge in [0.15, 0.2) is 0 Å². The third-order valence-electron chi connectivity index (χ3n) is 1.94. The largest absolute Gasteiger partial charge is 0.402 e. The van der Waals surface area contributed by atoms with Crippen LogP contribution in [0.25, 0.3) is 0 Å². The van der Waals surface area contributed by atoms with E-state index in [2.05, 4.69) is 14.2 Å². The first-order valence-corrected chi connectivity index (χ1v) is 6.26. The van der Waals surface area contributed by atoms with E-state index in [0.29, 0.717) is 0 Å². The Bertz CT molecular complexity index is 67.7. The van der Waals surface area contributed by atoms with Crippen molar-refractivity contribution < 1.29 is 8.85 Å². The second-order valence-corrected chi connectivity index (χ2v) is 4.60.